The largest absolute Gasteiger partial charge is 0.490 e. The Morgan fingerprint density at radius 3 is 2.31 bits per heavy atom. The molecule has 1 heterocycles. The fourth-order valence-corrected chi connectivity index (χ4v) is 3.12. The number of ether oxygens (including phenoxy) is 2. The number of hydrogen-bond donors (Lipinski definition) is 0. The molecule has 0 aliphatic carbocycles. The molecule has 7 nitrogen and oxygen atoms in total. The van der Waals surface area contributed by atoms with Crippen LogP contribution in [0, 0.1) is 11.3 Å². The fraction of sp³-hybridized carbons (Fsp3) is 0.318. The third-order valence-electron chi connectivity index (χ3n) is 4.66. The van der Waals surface area contributed by atoms with E-state index in [4.69, 9.17) is 14.7 Å². The second-order valence-electron chi connectivity index (χ2n) is 6.53. The minimum atomic E-state index is -0.149. The molecule has 1 saturated heterocycles. The van der Waals surface area contributed by atoms with E-state index in [1.165, 1.54) is 0 Å². The molecule has 2 amide bonds. The van der Waals surface area contributed by atoms with Crippen molar-refractivity contribution in [1.82, 2.24) is 9.80 Å². The number of carbonyl (C=O) groups is 2. The molecular weight excluding hydrogens is 370 g/mol. The SMILES string of the molecule is CCOc1cc(C#N)ccc1OCC(=O)N1CCN(C(=O)c2ccccc2)CC1. The van der Waals surface area contributed by atoms with Gasteiger partial charge in [0.2, 0.25) is 0 Å². The molecule has 1 aliphatic heterocycles. The van der Waals surface area contributed by atoms with Crippen molar-refractivity contribution in [1.29, 1.82) is 5.26 Å². The van der Waals surface area contributed by atoms with E-state index in [1.54, 1.807) is 40.1 Å². The lowest BCUT2D eigenvalue weighted by Crippen LogP contribution is -2.51. The number of hydrogen-bond acceptors (Lipinski definition) is 5. The van der Waals surface area contributed by atoms with Gasteiger partial charge >= 0.3 is 0 Å². The Kier molecular flexibility index (Phi) is 6.69. The summed E-state index contributed by atoms with van der Waals surface area (Å²) in [5.74, 6) is 0.700. The van der Waals surface area contributed by atoms with Gasteiger partial charge in [-0.2, -0.15) is 5.26 Å². The summed E-state index contributed by atoms with van der Waals surface area (Å²) in [6.07, 6.45) is 0. The Morgan fingerprint density at radius 1 is 0.966 bits per heavy atom. The van der Waals surface area contributed by atoms with Crippen molar-refractivity contribution in [3.63, 3.8) is 0 Å². The van der Waals surface area contributed by atoms with E-state index in [9.17, 15) is 9.59 Å². The zero-order valence-corrected chi connectivity index (χ0v) is 16.3. The highest BCUT2D eigenvalue weighted by molar-refractivity contribution is 5.94. The Hall–Kier alpha value is -3.53. The van der Waals surface area contributed by atoms with Gasteiger partial charge in [0.05, 0.1) is 18.2 Å². The van der Waals surface area contributed by atoms with E-state index < -0.39 is 0 Å². The zero-order chi connectivity index (χ0) is 20.6. The summed E-state index contributed by atoms with van der Waals surface area (Å²) >= 11 is 0. The first-order chi connectivity index (χ1) is 14.1. The van der Waals surface area contributed by atoms with E-state index in [-0.39, 0.29) is 18.4 Å². The predicted molar refractivity (Wildman–Crippen MR) is 107 cm³/mol. The Labute approximate surface area is 170 Å². The van der Waals surface area contributed by atoms with Crippen LogP contribution in [0.2, 0.25) is 0 Å². The minimum Gasteiger partial charge on any atom is -0.490 e. The quantitative estimate of drug-likeness (QED) is 0.752. The average Bonchev–Trinajstić information content (AvgIpc) is 2.78. The van der Waals surface area contributed by atoms with E-state index in [2.05, 4.69) is 6.07 Å². The molecule has 3 rings (SSSR count). The highest BCUT2D eigenvalue weighted by Crippen LogP contribution is 2.28. The second kappa shape index (κ2) is 9.60. The number of carbonyl (C=O) groups excluding carboxylic acids is 2. The molecule has 150 valence electrons. The molecule has 29 heavy (non-hydrogen) atoms. The average molecular weight is 393 g/mol. The predicted octanol–water partition coefficient (Wildman–Crippen LogP) is 2.32. The monoisotopic (exact) mass is 393 g/mol. The Bertz CT molecular complexity index is 900. The van der Waals surface area contributed by atoms with Gasteiger partial charge in [0.1, 0.15) is 0 Å². The van der Waals surface area contributed by atoms with Crippen LogP contribution in [0.1, 0.15) is 22.8 Å². The summed E-state index contributed by atoms with van der Waals surface area (Å²) in [5, 5.41) is 9.01. The number of nitriles is 1. The van der Waals surface area contributed by atoms with Crippen molar-refractivity contribution in [2.24, 2.45) is 0 Å². The van der Waals surface area contributed by atoms with Crippen molar-refractivity contribution in [2.45, 2.75) is 6.92 Å². The topological polar surface area (TPSA) is 82.9 Å². The molecule has 0 unspecified atom stereocenters. The van der Waals surface area contributed by atoms with Gasteiger partial charge in [0.25, 0.3) is 11.8 Å². The summed E-state index contributed by atoms with van der Waals surface area (Å²) in [7, 11) is 0. The van der Waals surface area contributed by atoms with E-state index in [1.807, 2.05) is 25.1 Å². The van der Waals surface area contributed by atoms with Crippen LogP contribution in [-0.4, -0.2) is 61.0 Å². The van der Waals surface area contributed by atoms with Crippen molar-refractivity contribution in [3.05, 3.63) is 59.7 Å². The van der Waals surface area contributed by atoms with Crippen LogP contribution in [0.3, 0.4) is 0 Å². The molecule has 0 N–H and O–H groups in total. The highest BCUT2D eigenvalue weighted by Gasteiger charge is 2.25. The summed E-state index contributed by atoms with van der Waals surface area (Å²) in [6, 6.07) is 16.0. The summed E-state index contributed by atoms with van der Waals surface area (Å²) in [5.41, 5.74) is 1.12. The van der Waals surface area contributed by atoms with Gasteiger partial charge in [0.15, 0.2) is 18.1 Å². The number of amides is 2. The Balaban J connectivity index is 1.53. The fourth-order valence-electron chi connectivity index (χ4n) is 3.12. The number of rotatable bonds is 6. The van der Waals surface area contributed by atoms with Crippen molar-refractivity contribution in [3.8, 4) is 17.6 Å². The third kappa shape index (κ3) is 5.05. The van der Waals surface area contributed by atoms with Crippen molar-refractivity contribution < 1.29 is 19.1 Å². The maximum absolute atomic E-state index is 12.5. The first kappa shape index (κ1) is 20.2. The molecule has 0 radical (unpaired) electrons. The molecule has 2 aromatic carbocycles. The van der Waals surface area contributed by atoms with Crippen LogP contribution >= 0.6 is 0 Å². The van der Waals surface area contributed by atoms with Gasteiger partial charge in [-0.15, -0.1) is 0 Å². The lowest BCUT2D eigenvalue weighted by molar-refractivity contribution is -0.134. The van der Waals surface area contributed by atoms with Gasteiger partial charge in [0, 0.05) is 37.8 Å². The van der Waals surface area contributed by atoms with Gasteiger partial charge < -0.3 is 19.3 Å². The van der Waals surface area contributed by atoms with Crippen LogP contribution in [0.25, 0.3) is 0 Å². The molecule has 2 aromatic rings. The van der Waals surface area contributed by atoms with Crippen LogP contribution in [0.15, 0.2) is 48.5 Å². The molecule has 1 fully saturated rings. The van der Waals surface area contributed by atoms with Crippen LogP contribution in [-0.2, 0) is 4.79 Å². The molecule has 0 bridgehead atoms. The van der Waals surface area contributed by atoms with Gasteiger partial charge in [-0.1, -0.05) is 18.2 Å². The molecule has 0 spiro atoms. The molecule has 0 saturated carbocycles. The lowest BCUT2D eigenvalue weighted by Gasteiger charge is -2.34. The van der Waals surface area contributed by atoms with E-state index in [0.717, 1.165) is 0 Å². The second-order valence-corrected chi connectivity index (χ2v) is 6.53. The summed E-state index contributed by atoms with van der Waals surface area (Å²) in [6.45, 7) is 4.04. The summed E-state index contributed by atoms with van der Waals surface area (Å²) < 4.78 is 11.1. The molecule has 0 aromatic heterocycles. The van der Waals surface area contributed by atoms with Gasteiger partial charge in [-0.25, -0.2) is 0 Å². The van der Waals surface area contributed by atoms with Crippen molar-refractivity contribution in [2.75, 3.05) is 39.4 Å². The van der Waals surface area contributed by atoms with E-state index in [0.29, 0.717) is 55.4 Å². The van der Waals surface area contributed by atoms with Gasteiger partial charge in [-0.3, -0.25) is 9.59 Å². The van der Waals surface area contributed by atoms with Crippen LogP contribution in [0.4, 0.5) is 0 Å². The number of benzene rings is 2. The van der Waals surface area contributed by atoms with Crippen molar-refractivity contribution >= 4 is 11.8 Å². The maximum Gasteiger partial charge on any atom is 0.260 e. The smallest absolute Gasteiger partial charge is 0.260 e. The molecular formula is C22H23N3O4. The molecule has 1 aliphatic rings. The maximum atomic E-state index is 12.5. The number of piperazine rings is 1. The minimum absolute atomic E-state index is 0.0205. The first-order valence-electron chi connectivity index (χ1n) is 9.54. The first-order valence-corrected chi connectivity index (χ1v) is 9.54. The third-order valence-corrected chi connectivity index (χ3v) is 4.66. The van der Waals surface area contributed by atoms with Gasteiger partial charge in [-0.05, 0) is 31.2 Å². The standard InChI is InChI=1S/C22H23N3O4/c1-2-28-20-14-17(15-23)8-9-19(20)29-16-21(26)24-10-12-25(13-11-24)22(27)18-6-4-3-5-7-18/h3-9,14H,2,10-13,16H2,1H3. The summed E-state index contributed by atoms with van der Waals surface area (Å²) in [4.78, 5) is 28.5. The van der Waals surface area contributed by atoms with Crippen LogP contribution < -0.4 is 9.47 Å². The lowest BCUT2D eigenvalue weighted by atomic mass is 10.2. The Morgan fingerprint density at radius 2 is 1.66 bits per heavy atom. The molecule has 7 heteroatoms. The number of nitrogens with zero attached hydrogens (tertiary/aromatic N) is 3. The van der Waals surface area contributed by atoms with E-state index >= 15 is 0 Å². The molecule has 0 atom stereocenters. The highest BCUT2D eigenvalue weighted by atomic mass is 16.5. The van der Waals surface area contributed by atoms with Crippen LogP contribution in [0.5, 0.6) is 11.5 Å². The zero-order valence-electron chi connectivity index (χ0n) is 16.3. The normalized spacial score (nSPS) is 13.5.